The van der Waals surface area contributed by atoms with Crippen LogP contribution in [0.5, 0.6) is 5.75 Å². The number of benzene rings is 1. The summed E-state index contributed by atoms with van der Waals surface area (Å²) in [4.78, 5) is 18.9. The molecule has 1 aromatic heterocycles. The molecule has 25 heavy (non-hydrogen) atoms. The van der Waals surface area contributed by atoms with Gasteiger partial charge in [-0.25, -0.2) is 0 Å². The quantitative estimate of drug-likeness (QED) is 0.827. The van der Waals surface area contributed by atoms with Gasteiger partial charge < -0.3 is 18.9 Å². The van der Waals surface area contributed by atoms with Crippen molar-refractivity contribution >= 4 is 5.91 Å². The minimum atomic E-state index is -0.347. The van der Waals surface area contributed by atoms with E-state index in [0.717, 1.165) is 11.3 Å². The van der Waals surface area contributed by atoms with E-state index in [1.54, 1.807) is 18.9 Å². The van der Waals surface area contributed by atoms with Gasteiger partial charge in [-0.2, -0.15) is 4.98 Å². The van der Waals surface area contributed by atoms with Crippen LogP contribution in [0.3, 0.4) is 0 Å². The summed E-state index contributed by atoms with van der Waals surface area (Å²) in [6.07, 6.45) is 0.810. The molecule has 2 atom stereocenters. The molecule has 0 aliphatic carbocycles. The van der Waals surface area contributed by atoms with E-state index >= 15 is 0 Å². The minimum absolute atomic E-state index is 0.0434. The smallest absolute Gasteiger partial charge is 0.252 e. The molecule has 0 saturated carbocycles. The van der Waals surface area contributed by atoms with Gasteiger partial charge in [0, 0.05) is 13.0 Å². The first-order chi connectivity index (χ1) is 12.1. The Morgan fingerprint density at radius 2 is 2.20 bits per heavy atom. The van der Waals surface area contributed by atoms with Crippen molar-refractivity contribution in [1.82, 2.24) is 15.0 Å². The molecule has 1 aliphatic heterocycles. The summed E-state index contributed by atoms with van der Waals surface area (Å²) in [5.41, 5.74) is 1.02. The van der Waals surface area contributed by atoms with Crippen LogP contribution in [-0.2, 0) is 16.0 Å². The molecule has 1 amide bonds. The van der Waals surface area contributed by atoms with Crippen LogP contribution in [0.2, 0.25) is 0 Å². The lowest BCUT2D eigenvalue weighted by molar-refractivity contribution is -0.147. The largest absolute Gasteiger partial charge is 0.496 e. The molecule has 1 aliphatic rings. The van der Waals surface area contributed by atoms with Crippen LogP contribution in [0.15, 0.2) is 28.8 Å². The Morgan fingerprint density at radius 3 is 2.92 bits per heavy atom. The number of amides is 1. The highest BCUT2D eigenvalue weighted by Crippen LogP contribution is 2.29. The van der Waals surface area contributed by atoms with E-state index in [1.165, 1.54) is 0 Å². The Labute approximate surface area is 146 Å². The van der Waals surface area contributed by atoms with E-state index in [-0.39, 0.29) is 18.1 Å². The summed E-state index contributed by atoms with van der Waals surface area (Å²) in [5, 5.41) is 3.84. The topological polar surface area (TPSA) is 77.7 Å². The van der Waals surface area contributed by atoms with Crippen molar-refractivity contribution in [3.05, 3.63) is 41.5 Å². The molecule has 1 fully saturated rings. The van der Waals surface area contributed by atoms with Gasteiger partial charge in [-0.05, 0) is 31.9 Å². The third-order valence-electron chi connectivity index (χ3n) is 4.41. The molecule has 0 unspecified atom stereocenters. The fourth-order valence-electron chi connectivity index (χ4n) is 3.16. The van der Waals surface area contributed by atoms with Crippen molar-refractivity contribution in [3.8, 4) is 5.75 Å². The normalized spacial score (nSPS) is 20.5. The molecule has 0 spiro atoms. The van der Waals surface area contributed by atoms with Gasteiger partial charge in [0.2, 0.25) is 5.91 Å². The Bertz CT molecular complexity index is 731. The molecule has 2 heterocycles. The summed E-state index contributed by atoms with van der Waals surface area (Å²) < 4.78 is 16.3. The minimum Gasteiger partial charge on any atom is -0.496 e. The zero-order valence-corrected chi connectivity index (χ0v) is 14.8. The molecule has 1 aromatic carbocycles. The highest BCUT2D eigenvalue weighted by molar-refractivity contribution is 5.77. The molecule has 0 bridgehead atoms. The summed E-state index contributed by atoms with van der Waals surface area (Å²) in [7, 11) is 1.64. The summed E-state index contributed by atoms with van der Waals surface area (Å²) in [6, 6.07) is 7.40. The predicted octanol–water partition coefficient (Wildman–Crippen LogP) is 2.31. The Hall–Kier alpha value is -2.41. The number of carbonyl (C=O) groups is 1. The first-order valence-corrected chi connectivity index (χ1v) is 8.43. The third-order valence-corrected chi connectivity index (χ3v) is 4.41. The van der Waals surface area contributed by atoms with Gasteiger partial charge in [0.1, 0.15) is 11.8 Å². The van der Waals surface area contributed by atoms with Crippen molar-refractivity contribution in [2.24, 2.45) is 0 Å². The number of carbonyl (C=O) groups excluding carboxylic acids is 1. The number of nitrogens with zero attached hydrogens (tertiary/aromatic N) is 3. The monoisotopic (exact) mass is 345 g/mol. The Morgan fingerprint density at radius 1 is 1.40 bits per heavy atom. The molecule has 0 N–H and O–H groups in total. The second kappa shape index (κ2) is 7.65. The van der Waals surface area contributed by atoms with Crippen LogP contribution in [0.1, 0.15) is 36.7 Å². The molecule has 1 saturated heterocycles. The van der Waals surface area contributed by atoms with Gasteiger partial charge in [0.05, 0.1) is 19.8 Å². The zero-order valence-electron chi connectivity index (χ0n) is 14.8. The zero-order chi connectivity index (χ0) is 17.8. The number of aryl methyl sites for hydroxylation is 2. The maximum atomic E-state index is 12.8. The van der Waals surface area contributed by atoms with E-state index in [2.05, 4.69) is 10.1 Å². The van der Waals surface area contributed by atoms with Gasteiger partial charge in [0.25, 0.3) is 5.89 Å². The molecule has 134 valence electrons. The number of methoxy groups -OCH3 is 1. The van der Waals surface area contributed by atoms with Crippen molar-refractivity contribution in [2.45, 2.75) is 38.8 Å². The number of morpholine rings is 1. The van der Waals surface area contributed by atoms with Gasteiger partial charge in [-0.1, -0.05) is 23.4 Å². The standard InChI is InChI=1S/C18H23N3O4/c1-12-17(18-19-13(2)20-25-18)21(10-11-24-12)16(22)9-8-14-6-4-5-7-15(14)23-3/h4-7,12,17H,8-11H2,1-3H3/t12-,17+/m1/s1. The van der Waals surface area contributed by atoms with E-state index in [0.29, 0.717) is 37.7 Å². The predicted molar refractivity (Wildman–Crippen MR) is 90.2 cm³/mol. The Balaban J connectivity index is 1.72. The SMILES string of the molecule is COc1ccccc1CCC(=O)N1CCO[C@H](C)[C@H]1c1nc(C)no1. The van der Waals surface area contributed by atoms with E-state index < -0.39 is 0 Å². The maximum Gasteiger partial charge on any atom is 0.252 e. The Kier molecular flexibility index (Phi) is 5.33. The number of ether oxygens (including phenoxy) is 2. The average Bonchev–Trinajstić information content (AvgIpc) is 3.05. The molecular weight excluding hydrogens is 322 g/mol. The van der Waals surface area contributed by atoms with Crippen molar-refractivity contribution in [1.29, 1.82) is 0 Å². The fourth-order valence-corrected chi connectivity index (χ4v) is 3.16. The number of para-hydroxylation sites is 1. The molecular formula is C18H23N3O4. The first-order valence-electron chi connectivity index (χ1n) is 8.43. The van der Waals surface area contributed by atoms with Crippen LogP contribution >= 0.6 is 0 Å². The van der Waals surface area contributed by atoms with E-state index in [1.807, 2.05) is 31.2 Å². The lowest BCUT2D eigenvalue weighted by atomic mass is 10.0. The molecule has 7 nitrogen and oxygen atoms in total. The number of aromatic nitrogens is 2. The highest BCUT2D eigenvalue weighted by atomic mass is 16.5. The van der Waals surface area contributed by atoms with Gasteiger partial charge >= 0.3 is 0 Å². The lowest BCUT2D eigenvalue weighted by Gasteiger charge is -2.37. The molecule has 2 aromatic rings. The summed E-state index contributed by atoms with van der Waals surface area (Å²) >= 11 is 0. The van der Waals surface area contributed by atoms with Gasteiger partial charge in [-0.3, -0.25) is 4.79 Å². The number of hydrogen-bond donors (Lipinski definition) is 0. The number of hydrogen-bond acceptors (Lipinski definition) is 6. The lowest BCUT2D eigenvalue weighted by Crippen LogP contribution is -2.47. The van der Waals surface area contributed by atoms with E-state index in [4.69, 9.17) is 14.0 Å². The van der Waals surface area contributed by atoms with Crippen LogP contribution in [0.4, 0.5) is 0 Å². The average molecular weight is 345 g/mol. The molecule has 3 rings (SSSR count). The van der Waals surface area contributed by atoms with Crippen LogP contribution in [0.25, 0.3) is 0 Å². The van der Waals surface area contributed by atoms with Crippen LogP contribution < -0.4 is 4.74 Å². The molecule has 0 radical (unpaired) electrons. The van der Waals surface area contributed by atoms with Crippen LogP contribution in [-0.4, -0.2) is 47.3 Å². The van der Waals surface area contributed by atoms with Crippen LogP contribution in [0, 0.1) is 6.92 Å². The third kappa shape index (κ3) is 3.82. The van der Waals surface area contributed by atoms with Crippen molar-refractivity contribution in [2.75, 3.05) is 20.3 Å². The van der Waals surface area contributed by atoms with Gasteiger partial charge in [-0.15, -0.1) is 0 Å². The first kappa shape index (κ1) is 17.4. The van der Waals surface area contributed by atoms with Gasteiger partial charge in [0.15, 0.2) is 5.82 Å². The summed E-state index contributed by atoms with van der Waals surface area (Å²) in [6.45, 7) is 4.70. The maximum absolute atomic E-state index is 12.8. The second-order valence-electron chi connectivity index (χ2n) is 6.10. The second-order valence-corrected chi connectivity index (χ2v) is 6.10. The fraction of sp³-hybridized carbons (Fsp3) is 0.500. The highest BCUT2D eigenvalue weighted by Gasteiger charge is 2.37. The van der Waals surface area contributed by atoms with Crippen molar-refractivity contribution < 1.29 is 18.8 Å². The number of rotatable bonds is 5. The molecule has 7 heteroatoms. The van der Waals surface area contributed by atoms with Crippen molar-refractivity contribution in [3.63, 3.8) is 0 Å². The summed E-state index contributed by atoms with van der Waals surface area (Å²) in [5.74, 6) is 1.82. The van der Waals surface area contributed by atoms with E-state index in [9.17, 15) is 4.79 Å².